The minimum absolute atomic E-state index is 0.0892. The minimum atomic E-state index is 0.0892. The second kappa shape index (κ2) is 5.22. The van der Waals surface area contributed by atoms with Crippen molar-refractivity contribution >= 4 is 11.7 Å². The second-order valence-corrected chi connectivity index (χ2v) is 4.71. The van der Waals surface area contributed by atoms with Gasteiger partial charge in [-0.3, -0.25) is 4.79 Å². The summed E-state index contributed by atoms with van der Waals surface area (Å²) >= 11 is 0. The zero-order valence-corrected chi connectivity index (χ0v) is 11.5. The summed E-state index contributed by atoms with van der Waals surface area (Å²) in [4.78, 5) is 15.1. The van der Waals surface area contributed by atoms with Crippen LogP contribution in [-0.2, 0) is 4.79 Å². The number of piperazine rings is 1. The summed E-state index contributed by atoms with van der Waals surface area (Å²) in [5.74, 6) is 0.722. The van der Waals surface area contributed by atoms with Gasteiger partial charge in [0.15, 0.2) is 5.82 Å². The van der Waals surface area contributed by atoms with Crippen molar-refractivity contribution in [1.82, 2.24) is 15.1 Å². The summed E-state index contributed by atoms with van der Waals surface area (Å²) in [6, 6.07) is 2.21. The van der Waals surface area contributed by atoms with E-state index in [-0.39, 0.29) is 5.91 Å². The van der Waals surface area contributed by atoms with Gasteiger partial charge in [0.25, 0.3) is 0 Å². The molecule has 1 amide bonds. The number of hydrogen-bond donors (Lipinski definition) is 0. The molecule has 1 aliphatic heterocycles. The number of aromatic nitrogens is 2. The monoisotopic (exact) mass is 259 g/mol. The molecule has 2 rings (SSSR count). The molecule has 6 nitrogen and oxygen atoms in total. The van der Waals surface area contributed by atoms with Crippen molar-refractivity contribution in [2.24, 2.45) is 0 Å². The highest BCUT2D eigenvalue weighted by molar-refractivity contribution is 5.73. The van der Waals surface area contributed by atoms with Crippen LogP contribution in [0.3, 0.4) is 0 Å². The lowest BCUT2D eigenvalue weighted by molar-refractivity contribution is -0.129. The topological polar surface area (TPSA) is 73.1 Å². The molecule has 0 unspecified atom stereocenters. The van der Waals surface area contributed by atoms with Crippen LogP contribution in [0.4, 0.5) is 5.82 Å². The molecule has 0 radical (unpaired) electrons. The lowest BCUT2D eigenvalue weighted by atomic mass is 10.1. The van der Waals surface area contributed by atoms with E-state index >= 15 is 0 Å². The van der Waals surface area contributed by atoms with Crippen LogP contribution in [0.5, 0.6) is 0 Å². The van der Waals surface area contributed by atoms with E-state index in [1.807, 2.05) is 18.7 Å². The predicted molar refractivity (Wildman–Crippen MR) is 70.7 cm³/mol. The van der Waals surface area contributed by atoms with Gasteiger partial charge >= 0.3 is 0 Å². The van der Waals surface area contributed by atoms with Gasteiger partial charge in [-0.25, -0.2) is 0 Å². The largest absolute Gasteiger partial charge is 0.350 e. The molecule has 0 aliphatic carbocycles. The van der Waals surface area contributed by atoms with Crippen LogP contribution >= 0.6 is 0 Å². The summed E-state index contributed by atoms with van der Waals surface area (Å²) in [7, 11) is 0. The maximum Gasteiger partial charge on any atom is 0.219 e. The van der Waals surface area contributed by atoms with Gasteiger partial charge in [-0.2, -0.15) is 10.4 Å². The van der Waals surface area contributed by atoms with Crippen LogP contribution in [0.25, 0.3) is 0 Å². The SMILES string of the molecule is CC(=O)N1CCN(c2nnc(C)c(C)c2C#N)CC1. The Kier molecular flexibility index (Phi) is 3.65. The molecule has 0 saturated carbocycles. The third-order valence-electron chi connectivity index (χ3n) is 3.57. The van der Waals surface area contributed by atoms with Crippen molar-refractivity contribution in [2.45, 2.75) is 20.8 Å². The van der Waals surface area contributed by atoms with Crippen LogP contribution in [-0.4, -0.2) is 47.2 Å². The first-order chi connectivity index (χ1) is 9.04. The fourth-order valence-corrected chi connectivity index (χ4v) is 2.18. The Hall–Kier alpha value is -2.16. The molecule has 0 spiro atoms. The zero-order chi connectivity index (χ0) is 14.0. The first-order valence-electron chi connectivity index (χ1n) is 6.29. The maximum atomic E-state index is 11.3. The molecule has 100 valence electrons. The summed E-state index contributed by atoms with van der Waals surface area (Å²) in [6.07, 6.45) is 0. The van der Waals surface area contributed by atoms with E-state index in [2.05, 4.69) is 16.3 Å². The number of carbonyl (C=O) groups excluding carboxylic acids is 1. The molecule has 2 heterocycles. The van der Waals surface area contributed by atoms with Crippen LogP contribution in [0.1, 0.15) is 23.7 Å². The van der Waals surface area contributed by atoms with Gasteiger partial charge in [0.1, 0.15) is 11.6 Å². The van der Waals surface area contributed by atoms with Crippen molar-refractivity contribution in [3.05, 3.63) is 16.8 Å². The normalized spacial score (nSPS) is 15.3. The zero-order valence-electron chi connectivity index (χ0n) is 11.5. The summed E-state index contributed by atoms with van der Waals surface area (Å²) < 4.78 is 0. The van der Waals surface area contributed by atoms with Crippen molar-refractivity contribution in [2.75, 3.05) is 31.1 Å². The van der Waals surface area contributed by atoms with E-state index in [1.165, 1.54) is 0 Å². The number of aryl methyl sites for hydroxylation is 1. The Morgan fingerprint density at radius 3 is 2.37 bits per heavy atom. The Balaban J connectivity index is 2.23. The van der Waals surface area contributed by atoms with E-state index in [0.29, 0.717) is 37.6 Å². The van der Waals surface area contributed by atoms with Crippen molar-refractivity contribution in [3.8, 4) is 6.07 Å². The first-order valence-corrected chi connectivity index (χ1v) is 6.29. The maximum absolute atomic E-state index is 11.3. The first kappa shape index (κ1) is 13.3. The molecule has 0 N–H and O–H groups in total. The number of rotatable bonds is 1. The third-order valence-corrected chi connectivity index (χ3v) is 3.57. The Bertz CT molecular complexity index is 541. The van der Waals surface area contributed by atoms with Gasteiger partial charge in [0, 0.05) is 33.1 Å². The van der Waals surface area contributed by atoms with Crippen LogP contribution in [0.15, 0.2) is 0 Å². The average molecular weight is 259 g/mol. The van der Waals surface area contributed by atoms with Gasteiger partial charge in [0.05, 0.1) is 5.69 Å². The molecule has 0 aromatic carbocycles. The van der Waals surface area contributed by atoms with E-state index in [1.54, 1.807) is 11.8 Å². The molecular weight excluding hydrogens is 242 g/mol. The van der Waals surface area contributed by atoms with E-state index in [9.17, 15) is 10.1 Å². The Morgan fingerprint density at radius 1 is 1.21 bits per heavy atom. The van der Waals surface area contributed by atoms with Gasteiger partial charge in [0.2, 0.25) is 5.91 Å². The lowest BCUT2D eigenvalue weighted by Gasteiger charge is -2.35. The fourth-order valence-electron chi connectivity index (χ4n) is 2.18. The average Bonchev–Trinajstić information content (AvgIpc) is 2.41. The molecule has 1 fully saturated rings. The number of nitrogens with zero attached hydrogens (tertiary/aromatic N) is 5. The highest BCUT2D eigenvalue weighted by atomic mass is 16.2. The van der Waals surface area contributed by atoms with Crippen LogP contribution in [0.2, 0.25) is 0 Å². The van der Waals surface area contributed by atoms with E-state index < -0.39 is 0 Å². The Labute approximate surface area is 112 Å². The van der Waals surface area contributed by atoms with Crippen molar-refractivity contribution in [3.63, 3.8) is 0 Å². The molecule has 0 atom stereocenters. The summed E-state index contributed by atoms with van der Waals surface area (Å²) in [6.45, 7) is 8.01. The fraction of sp³-hybridized carbons (Fsp3) is 0.538. The molecular formula is C13H17N5O. The molecule has 1 aromatic rings. The molecule has 6 heteroatoms. The Morgan fingerprint density at radius 2 is 1.84 bits per heavy atom. The number of amides is 1. The predicted octanol–water partition coefficient (Wildman–Crippen LogP) is 0.634. The quantitative estimate of drug-likeness (QED) is 0.739. The van der Waals surface area contributed by atoms with Gasteiger partial charge in [-0.05, 0) is 19.4 Å². The van der Waals surface area contributed by atoms with E-state index in [0.717, 1.165) is 11.3 Å². The molecule has 1 aromatic heterocycles. The number of anilines is 1. The van der Waals surface area contributed by atoms with Crippen molar-refractivity contribution < 1.29 is 4.79 Å². The highest BCUT2D eigenvalue weighted by Crippen LogP contribution is 2.22. The standard InChI is InChI=1S/C13H17N5O/c1-9-10(2)15-16-13(12(9)8-14)18-6-4-17(5-7-18)11(3)19/h4-7H2,1-3H3. The van der Waals surface area contributed by atoms with Gasteiger partial charge in [-0.15, -0.1) is 5.10 Å². The van der Waals surface area contributed by atoms with Crippen LogP contribution in [0, 0.1) is 25.2 Å². The van der Waals surface area contributed by atoms with E-state index in [4.69, 9.17) is 0 Å². The molecule has 0 bridgehead atoms. The molecule has 19 heavy (non-hydrogen) atoms. The summed E-state index contributed by atoms with van der Waals surface area (Å²) in [5, 5.41) is 17.5. The molecule has 1 saturated heterocycles. The minimum Gasteiger partial charge on any atom is -0.350 e. The third kappa shape index (κ3) is 2.50. The summed E-state index contributed by atoms with van der Waals surface area (Å²) in [5.41, 5.74) is 2.24. The molecule has 1 aliphatic rings. The number of nitriles is 1. The second-order valence-electron chi connectivity index (χ2n) is 4.71. The van der Waals surface area contributed by atoms with Gasteiger partial charge < -0.3 is 9.80 Å². The lowest BCUT2D eigenvalue weighted by Crippen LogP contribution is -2.48. The smallest absolute Gasteiger partial charge is 0.219 e. The van der Waals surface area contributed by atoms with Crippen molar-refractivity contribution in [1.29, 1.82) is 5.26 Å². The highest BCUT2D eigenvalue weighted by Gasteiger charge is 2.23. The van der Waals surface area contributed by atoms with Gasteiger partial charge in [-0.1, -0.05) is 0 Å². The number of carbonyl (C=O) groups is 1. The number of hydrogen-bond acceptors (Lipinski definition) is 5. The van der Waals surface area contributed by atoms with Crippen LogP contribution < -0.4 is 4.90 Å².